The van der Waals surface area contributed by atoms with Gasteiger partial charge in [0.1, 0.15) is 0 Å². The van der Waals surface area contributed by atoms with Gasteiger partial charge >= 0.3 is 5.97 Å². The van der Waals surface area contributed by atoms with Gasteiger partial charge in [-0.3, -0.25) is 9.59 Å². The highest BCUT2D eigenvalue weighted by Gasteiger charge is 2.20. The van der Waals surface area contributed by atoms with Gasteiger partial charge in [0.15, 0.2) is 0 Å². The summed E-state index contributed by atoms with van der Waals surface area (Å²) >= 11 is 0. The van der Waals surface area contributed by atoms with Crippen LogP contribution >= 0.6 is 0 Å². The highest BCUT2D eigenvalue weighted by Crippen LogP contribution is 2.20. The van der Waals surface area contributed by atoms with Gasteiger partial charge in [-0.25, -0.2) is 0 Å². The summed E-state index contributed by atoms with van der Waals surface area (Å²) in [5, 5.41) is 23.5. The number of hydrogen-bond acceptors (Lipinski definition) is 5. The highest BCUT2D eigenvalue weighted by atomic mass is 16.5. The molecule has 0 spiro atoms. The number of aliphatic hydroxyl groups is 2. The minimum atomic E-state index is -0.667. The van der Waals surface area contributed by atoms with Gasteiger partial charge in [0, 0.05) is 12.8 Å². The summed E-state index contributed by atoms with van der Waals surface area (Å²) in [6.07, 6.45) is 89.4. The van der Waals surface area contributed by atoms with E-state index in [2.05, 4.69) is 43.5 Å². The van der Waals surface area contributed by atoms with Crippen LogP contribution in [0.1, 0.15) is 418 Å². The summed E-state index contributed by atoms with van der Waals surface area (Å²) in [6.45, 7) is 4.97. The van der Waals surface area contributed by atoms with Crippen LogP contribution in [0.15, 0.2) is 24.3 Å². The van der Waals surface area contributed by atoms with Crippen molar-refractivity contribution >= 4 is 11.9 Å². The molecule has 480 valence electrons. The predicted octanol–water partition coefficient (Wildman–Crippen LogP) is 24.1. The average molecular weight is 1140 g/mol. The molecule has 1 amide bonds. The number of aliphatic hydroxyl groups excluding tert-OH is 2. The van der Waals surface area contributed by atoms with Crippen molar-refractivity contribution in [1.82, 2.24) is 5.32 Å². The lowest BCUT2D eigenvalue weighted by Gasteiger charge is -2.22. The van der Waals surface area contributed by atoms with Crippen LogP contribution in [-0.2, 0) is 14.3 Å². The van der Waals surface area contributed by atoms with Gasteiger partial charge in [0.2, 0.25) is 5.91 Å². The summed E-state index contributed by atoms with van der Waals surface area (Å²) in [4.78, 5) is 24.7. The Hall–Kier alpha value is -1.66. The third-order valence-electron chi connectivity index (χ3n) is 17.5. The summed E-state index contributed by atoms with van der Waals surface area (Å²) < 4.78 is 5.51. The number of rotatable bonds is 70. The predicted molar refractivity (Wildman–Crippen MR) is 356 cm³/mol. The smallest absolute Gasteiger partial charge is 0.305 e. The lowest BCUT2D eigenvalue weighted by atomic mass is 10.0. The van der Waals surface area contributed by atoms with Crippen LogP contribution < -0.4 is 5.32 Å². The monoisotopic (exact) mass is 1140 g/mol. The molecule has 0 aromatic rings. The zero-order chi connectivity index (χ0) is 58.5. The molecule has 0 radical (unpaired) electrons. The Balaban J connectivity index is 3.37. The number of unbranched alkanes of at least 4 members (excludes halogenated alkanes) is 55. The SMILES string of the molecule is CCCCC/C=C\C/C=C\CCCCCCCCCCCC(=O)OCCCCCCCCCCCCCCCCCCCCCCCC(=O)NC(CO)C(O)CCCCCCCCCCCCCCCCCCCCCCCCCC. The Morgan fingerprint density at radius 1 is 0.346 bits per heavy atom. The topological polar surface area (TPSA) is 95.9 Å². The van der Waals surface area contributed by atoms with Crippen LogP contribution in [0.3, 0.4) is 0 Å². The fourth-order valence-electron chi connectivity index (χ4n) is 11.9. The average Bonchev–Trinajstić information content (AvgIpc) is 3.47. The van der Waals surface area contributed by atoms with Crippen molar-refractivity contribution in [3.63, 3.8) is 0 Å². The molecule has 0 heterocycles. The molecule has 0 aliphatic carbocycles. The molecule has 81 heavy (non-hydrogen) atoms. The number of ether oxygens (including phenoxy) is 1. The lowest BCUT2D eigenvalue weighted by molar-refractivity contribution is -0.143. The second kappa shape index (κ2) is 70.8. The van der Waals surface area contributed by atoms with Crippen LogP contribution in [0, 0.1) is 0 Å². The third kappa shape index (κ3) is 67.3. The van der Waals surface area contributed by atoms with Gasteiger partial charge in [-0.05, 0) is 57.8 Å². The van der Waals surface area contributed by atoms with Crippen molar-refractivity contribution in [3.05, 3.63) is 24.3 Å². The zero-order valence-electron chi connectivity index (χ0n) is 55.0. The van der Waals surface area contributed by atoms with E-state index in [9.17, 15) is 19.8 Å². The maximum Gasteiger partial charge on any atom is 0.305 e. The Bertz CT molecular complexity index is 1270. The minimum Gasteiger partial charge on any atom is -0.466 e. The Morgan fingerprint density at radius 2 is 0.617 bits per heavy atom. The molecule has 0 bridgehead atoms. The third-order valence-corrected chi connectivity index (χ3v) is 17.5. The van der Waals surface area contributed by atoms with E-state index in [1.807, 2.05) is 0 Å². The van der Waals surface area contributed by atoms with E-state index < -0.39 is 12.1 Å². The molecule has 3 N–H and O–H groups in total. The van der Waals surface area contributed by atoms with Crippen molar-refractivity contribution in [1.29, 1.82) is 0 Å². The molecule has 0 aliphatic heterocycles. The first kappa shape index (κ1) is 79.3. The molecule has 6 heteroatoms. The molecule has 2 atom stereocenters. The van der Waals surface area contributed by atoms with E-state index in [4.69, 9.17) is 4.74 Å². The molecule has 0 saturated heterocycles. The first-order valence-corrected chi connectivity index (χ1v) is 37.1. The van der Waals surface area contributed by atoms with Gasteiger partial charge < -0.3 is 20.3 Å². The van der Waals surface area contributed by atoms with Crippen molar-refractivity contribution in [3.8, 4) is 0 Å². The molecule has 0 aromatic heterocycles. The first-order valence-electron chi connectivity index (χ1n) is 37.1. The minimum absolute atomic E-state index is 0.00956. The molecule has 0 fully saturated rings. The molecular weight excluding hydrogens is 995 g/mol. The molecule has 0 rings (SSSR count). The number of amides is 1. The van der Waals surface area contributed by atoms with Crippen LogP contribution in [0.25, 0.3) is 0 Å². The van der Waals surface area contributed by atoms with Crippen molar-refractivity contribution in [2.45, 2.75) is 431 Å². The maximum atomic E-state index is 12.6. The maximum absolute atomic E-state index is 12.6. The number of carbonyl (C=O) groups excluding carboxylic acids is 2. The Kier molecular flexibility index (Phi) is 69.4. The van der Waals surface area contributed by atoms with Crippen molar-refractivity contribution < 1.29 is 24.5 Å². The molecule has 2 unspecified atom stereocenters. The Morgan fingerprint density at radius 3 is 0.963 bits per heavy atom. The molecule has 6 nitrogen and oxygen atoms in total. The summed E-state index contributed by atoms with van der Waals surface area (Å²) in [5.74, 6) is -0.0212. The molecule has 0 aliphatic rings. The van der Waals surface area contributed by atoms with Crippen molar-refractivity contribution in [2.24, 2.45) is 0 Å². The number of nitrogens with one attached hydrogen (secondary N) is 1. The quantitative estimate of drug-likeness (QED) is 0.0320. The fraction of sp³-hybridized carbons (Fsp3) is 0.920. The summed E-state index contributed by atoms with van der Waals surface area (Å²) in [6, 6.07) is -0.544. The molecular formula is C75H145NO5. The van der Waals surface area contributed by atoms with Gasteiger partial charge in [0.25, 0.3) is 0 Å². The van der Waals surface area contributed by atoms with E-state index >= 15 is 0 Å². The second-order valence-electron chi connectivity index (χ2n) is 25.6. The van der Waals surface area contributed by atoms with Crippen molar-refractivity contribution in [2.75, 3.05) is 13.2 Å². The normalized spacial score (nSPS) is 12.6. The van der Waals surface area contributed by atoms with Crippen LogP contribution in [0.2, 0.25) is 0 Å². The van der Waals surface area contributed by atoms with E-state index in [1.54, 1.807) is 0 Å². The fourth-order valence-corrected chi connectivity index (χ4v) is 11.9. The van der Waals surface area contributed by atoms with Crippen LogP contribution in [0.4, 0.5) is 0 Å². The van der Waals surface area contributed by atoms with E-state index in [0.29, 0.717) is 25.9 Å². The number of allylic oxidation sites excluding steroid dienone is 4. The standard InChI is InChI=1S/C75H145NO5/c1-3-5-7-9-11-13-15-17-19-21-23-24-25-26-28-32-35-39-43-47-51-55-59-63-67-73(78)72(71-77)76-74(79)68-64-60-56-52-48-44-40-36-33-29-27-30-34-38-42-46-50-54-58-62-66-70-81-75(80)69-65-61-57-53-49-45-41-37-31-22-20-18-16-14-12-10-8-6-4-2/h12,14,18,20,72-73,77-78H,3-11,13,15-17,19,21-71H2,1-2H3,(H,76,79)/b14-12-,20-18-. The Labute approximate surface area is 507 Å². The zero-order valence-corrected chi connectivity index (χ0v) is 55.0. The first-order chi connectivity index (χ1) is 40.0. The molecule has 0 aromatic carbocycles. The number of carbonyl (C=O) groups is 2. The van der Waals surface area contributed by atoms with Gasteiger partial charge in [0.05, 0.1) is 25.4 Å². The van der Waals surface area contributed by atoms with Gasteiger partial charge in [-0.1, -0.05) is 372 Å². The molecule has 0 saturated carbocycles. The van der Waals surface area contributed by atoms with Crippen LogP contribution in [-0.4, -0.2) is 47.4 Å². The second-order valence-corrected chi connectivity index (χ2v) is 25.6. The van der Waals surface area contributed by atoms with Gasteiger partial charge in [-0.15, -0.1) is 0 Å². The van der Waals surface area contributed by atoms with Gasteiger partial charge in [-0.2, -0.15) is 0 Å². The lowest BCUT2D eigenvalue weighted by Crippen LogP contribution is -2.45. The number of hydrogen-bond donors (Lipinski definition) is 3. The van der Waals surface area contributed by atoms with E-state index in [0.717, 1.165) is 51.4 Å². The highest BCUT2D eigenvalue weighted by molar-refractivity contribution is 5.76. The van der Waals surface area contributed by atoms with Crippen LogP contribution in [0.5, 0.6) is 0 Å². The van der Waals surface area contributed by atoms with E-state index in [-0.39, 0.29) is 18.5 Å². The summed E-state index contributed by atoms with van der Waals surface area (Å²) in [7, 11) is 0. The number of esters is 1. The summed E-state index contributed by atoms with van der Waals surface area (Å²) in [5.41, 5.74) is 0. The van der Waals surface area contributed by atoms with E-state index in [1.165, 1.54) is 334 Å². The largest absolute Gasteiger partial charge is 0.466 e.